The van der Waals surface area contributed by atoms with Crippen molar-refractivity contribution in [2.75, 3.05) is 19.3 Å². The van der Waals surface area contributed by atoms with Crippen LogP contribution in [0.2, 0.25) is 0 Å². The summed E-state index contributed by atoms with van der Waals surface area (Å²) in [5.41, 5.74) is 6.10. The van der Waals surface area contributed by atoms with Crippen LogP contribution in [0.5, 0.6) is 0 Å². The molecular weight excluding hydrogens is 192 g/mol. The van der Waals surface area contributed by atoms with Crippen molar-refractivity contribution in [3.05, 3.63) is 12.4 Å². The van der Waals surface area contributed by atoms with E-state index < -0.39 is 0 Å². The van der Waals surface area contributed by atoms with E-state index in [1.54, 1.807) is 22.0 Å². The summed E-state index contributed by atoms with van der Waals surface area (Å²) < 4.78 is 1.57. The monoisotopic (exact) mass is 208 g/mol. The molecule has 1 saturated carbocycles. The SMILES string of the molecule is CN(CC1CC1)C(=O)Cn1cc(N)cn1. The number of nitrogen functional groups attached to an aromatic ring is 1. The van der Waals surface area contributed by atoms with Crippen LogP contribution in [0.25, 0.3) is 0 Å². The highest BCUT2D eigenvalue weighted by molar-refractivity contribution is 5.75. The van der Waals surface area contributed by atoms with E-state index in [1.165, 1.54) is 12.8 Å². The normalized spacial score (nSPS) is 15.3. The molecule has 1 amide bonds. The molecular formula is C10H16N4O. The molecule has 1 aliphatic rings. The molecule has 0 atom stereocenters. The first-order valence-electron chi connectivity index (χ1n) is 5.17. The van der Waals surface area contributed by atoms with Gasteiger partial charge in [0.2, 0.25) is 5.91 Å². The minimum Gasteiger partial charge on any atom is -0.396 e. The topological polar surface area (TPSA) is 64.2 Å². The number of carbonyl (C=O) groups is 1. The molecule has 0 aromatic carbocycles. The molecule has 1 aliphatic carbocycles. The van der Waals surface area contributed by atoms with Gasteiger partial charge in [-0.2, -0.15) is 5.10 Å². The first-order valence-corrected chi connectivity index (χ1v) is 5.17. The Kier molecular flexibility index (Phi) is 2.62. The van der Waals surface area contributed by atoms with Gasteiger partial charge in [0.25, 0.3) is 0 Å². The van der Waals surface area contributed by atoms with Crippen molar-refractivity contribution in [3.63, 3.8) is 0 Å². The number of nitrogens with zero attached hydrogens (tertiary/aromatic N) is 3. The van der Waals surface area contributed by atoms with Crippen LogP contribution in [-0.2, 0) is 11.3 Å². The fourth-order valence-electron chi connectivity index (χ4n) is 1.51. The number of nitrogens with two attached hydrogens (primary N) is 1. The molecule has 0 radical (unpaired) electrons. The molecule has 5 nitrogen and oxygen atoms in total. The van der Waals surface area contributed by atoms with Gasteiger partial charge in [0.15, 0.2) is 0 Å². The Bertz CT molecular complexity index is 356. The number of anilines is 1. The molecule has 2 rings (SSSR count). The van der Waals surface area contributed by atoms with Crippen molar-refractivity contribution in [2.45, 2.75) is 19.4 Å². The number of carbonyl (C=O) groups excluding carboxylic acids is 1. The second-order valence-electron chi connectivity index (χ2n) is 4.19. The predicted molar refractivity (Wildman–Crippen MR) is 57.0 cm³/mol. The zero-order chi connectivity index (χ0) is 10.8. The van der Waals surface area contributed by atoms with E-state index in [1.807, 2.05) is 7.05 Å². The quantitative estimate of drug-likeness (QED) is 0.775. The highest BCUT2D eigenvalue weighted by atomic mass is 16.2. The fraction of sp³-hybridized carbons (Fsp3) is 0.600. The first-order chi connectivity index (χ1) is 7.15. The van der Waals surface area contributed by atoms with Gasteiger partial charge in [-0.15, -0.1) is 0 Å². The van der Waals surface area contributed by atoms with Crippen molar-refractivity contribution in [1.29, 1.82) is 0 Å². The molecule has 5 heteroatoms. The number of likely N-dealkylation sites (N-methyl/N-ethyl adjacent to an activating group) is 1. The van der Waals surface area contributed by atoms with Crippen LogP contribution >= 0.6 is 0 Å². The molecule has 0 spiro atoms. The smallest absolute Gasteiger partial charge is 0.244 e. The fourth-order valence-corrected chi connectivity index (χ4v) is 1.51. The molecule has 82 valence electrons. The lowest BCUT2D eigenvalue weighted by Gasteiger charge is -2.16. The zero-order valence-electron chi connectivity index (χ0n) is 8.89. The lowest BCUT2D eigenvalue weighted by Crippen LogP contribution is -2.32. The van der Waals surface area contributed by atoms with Gasteiger partial charge >= 0.3 is 0 Å². The Hall–Kier alpha value is -1.52. The zero-order valence-corrected chi connectivity index (χ0v) is 8.89. The second-order valence-corrected chi connectivity index (χ2v) is 4.19. The Morgan fingerprint density at radius 2 is 2.47 bits per heavy atom. The van der Waals surface area contributed by atoms with Gasteiger partial charge in [-0.3, -0.25) is 9.48 Å². The van der Waals surface area contributed by atoms with Gasteiger partial charge in [0.1, 0.15) is 6.54 Å². The molecule has 2 N–H and O–H groups in total. The van der Waals surface area contributed by atoms with E-state index in [9.17, 15) is 4.79 Å². The van der Waals surface area contributed by atoms with E-state index in [0.29, 0.717) is 5.69 Å². The van der Waals surface area contributed by atoms with E-state index in [-0.39, 0.29) is 12.5 Å². The Morgan fingerprint density at radius 1 is 1.73 bits per heavy atom. The van der Waals surface area contributed by atoms with Crippen LogP contribution in [0.4, 0.5) is 5.69 Å². The first kappa shape index (κ1) is 10.0. The molecule has 0 aliphatic heterocycles. The van der Waals surface area contributed by atoms with Crippen molar-refractivity contribution >= 4 is 11.6 Å². The van der Waals surface area contributed by atoms with Gasteiger partial charge in [-0.1, -0.05) is 0 Å². The highest BCUT2D eigenvalue weighted by Gasteiger charge is 2.24. The number of hydrogen-bond donors (Lipinski definition) is 1. The van der Waals surface area contributed by atoms with Crippen molar-refractivity contribution in [1.82, 2.24) is 14.7 Å². The predicted octanol–water partition coefficient (Wildman–Crippen LogP) is 0.334. The van der Waals surface area contributed by atoms with Gasteiger partial charge in [-0.25, -0.2) is 0 Å². The van der Waals surface area contributed by atoms with Crippen LogP contribution < -0.4 is 5.73 Å². The maximum atomic E-state index is 11.7. The van der Waals surface area contributed by atoms with Gasteiger partial charge in [0.05, 0.1) is 11.9 Å². The van der Waals surface area contributed by atoms with Crippen LogP contribution in [0.15, 0.2) is 12.4 Å². The molecule has 1 fully saturated rings. The van der Waals surface area contributed by atoms with Crippen molar-refractivity contribution in [3.8, 4) is 0 Å². The number of rotatable bonds is 4. The Balaban J connectivity index is 1.85. The molecule has 0 saturated heterocycles. The minimum absolute atomic E-state index is 0.0880. The second kappa shape index (κ2) is 3.92. The van der Waals surface area contributed by atoms with E-state index >= 15 is 0 Å². The molecule has 1 aromatic heterocycles. The summed E-state index contributed by atoms with van der Waals surface area (Å²) in [5.74, 6) is 0.812. The summed E-state index contributed by atoms with van der Waals surface area (Å²) in [4.78, 5) is 13.5. The Morgan fingerprint density at radius 3 is 3.00 bits per heavy atom. The molecule has 0 unspecified atom stereocenters. The van der Waals surface area contributed by atoms with Crippen LogP contribution in [0.3, 0.4) is 0 Å². The Labute approximate surface area is 88.8 Å². The molecule has 1 aromatic rings. The number of aromatic nitrogens is 2. The lowest BCUT2D eigenvalue weighted by molar-refractivity contribution is -0.130. The summed E-state index contributed by atoms with van der Waals surface area (Å²) in [5, 5.41) is 3.98. The van der Waals surface area contributed by atoms with Crippen LogP contribution in [0, 0.1) is 5.92 Å². The minimum atomic E-state index is 0.0880. The summed E-state index contributed by atoms with van der Waals surface area (Å²) in [6, 6.07) is 0. The highest BCUT2D eigenvalue weighted by Crippen LogP contribution is 2.29. The van der Waals surface area contributed by atoms with Crippen LogP contribution in [0.1, 0.15) is 12.8 Å². The van der Waals surface area contributed by atoms with Gasteiger partial charge < -0.3 is 10.6 Å². The van der Waals surface area contributed by atoms with Gasteiger partial charge in [-0.05, 0) is 18.8 Å². The largest absolute Gasteiger partial charge is 0.396 e. The number of hydrogen-bond acceptors (Lipinski definition) is 3. The van der Waals surface area contributed by atoms with E-state index in [0.717, 1.165) is 12.5 Å². The average molecular weight is 208 g/mol. The molecule has 15 heavy (non-hydrogen) atoms. The molecule has 0 bridgehead atoms. The van der Waals surface area contributed by atoms with E-state index in [4.69, 9.17) is 5.73 Å². The third-order valence-electron chi connectivity index (χ3n) is 2.61. The van der Waals surface area contributed by atoms with E-state index in [2.05, 4.69) is 5.10 Å². The summed E-state index contributed by atoms with van der Waals surface area (Å²) in [7, 11) is 1.84. The van der Waals surface area contributed by atoms with Crippen molar-refractivity contribution in [2.24, 2.45) is 5.92 Å². The third kappa shape index (κ3) is 2.71. The standard InChI is InChI=1S/C10H16N4O/c1-13(5-8-2-3-8)10(15)7-14-6-9(11)4-12-14/h4,6,8H,2-3,5,7,11H2,1H3. The average Bonchev–Trinajstić information content (AvgIpc) is 2.90. The van der Waals surface area contributed by atoms with Crippen molar-refractivity contribution < 1.29 is 4.79 Å². The van der Waals surface area contributed by atoms with Crippen LogP contribution in [-0.4, -0.2) is 34.2 Å². The summed E-state index contributed by atoms with van der Waals surface area (Å²) in [6.45, 7) is 1.15. The summed E-state index contributed by atoms with van der Waals surface area (Å²) in [6.07, 6.45) is 5.73. The maximum absolute atomic E-state index is 11.7. The van der Waals surface area contributed by atoms with Gasteiger partial charge in [0, 0.05) is 19.8 Å². The lowest BCUT2D eigenvalue weighted by atomic mass is 10.4. The number of amides is 1. The summed E-state index contributed by atoms with van der Waals surface area (Å²) >= 11 is 0. The molecule has 1 heterocycles. The maximum Gasteiger partial charge on any atom is 0.244 e. The third-order valence-corrected chi connectivity index (χ3v) is 2.61.